The Balaban J connectivity index is 0.921. The van der Waals surface area contributed by atoms with Crippen molar-refractivity contribution in [2.45, 2.75) is 69.1 Å². The molecule has 1 unspecified atom stereocenters. The second-order valence-electron chi connectivity index (χ2n) is 13.9. The van der Waals surface area contributed by atoms with Crippen molar-refractivity contribution >= 4 is 35.0 Å². The molecule has 1 aromatic heterocycles. The Morgan fingerprint density at radius 3 is 2.44 bits per heavy atom. The normalized spacial score (nSPS) is 24.1. The van der Waals surface area contributed by atoms with Crippen molar-refractivity contribution in [1.29, 1.82) is 0 Å². The smallest absolute Gasteiger partial charge is 0.287 e. The molecule has 3 aromatic rings. The van der Waals surface area contributed by atoms with Gasteiger partial charge in [0.25, 0.3) is 11.5 Å². The molecular formula is C36H42ClN7O4. The third kappa shape index (κ3) is 6.63. The van der Waals surface area contributed by atoms with Crippen molar-refractivity contribution in [3.05, 3.63) is 91.9 Å². The summed E-state index contributed by atoms with van der Waals surface area (Å²) in [7, 11) is 3.72. The lowest BCUT2D eigenvalue weighted by molar-refractivity contribution is -0.136. The fraction of sp³-hybridized carbons (Fsp3) is 0.472. The molecule has 5 heterocycles. The van der Waals surface area contributed by atoms with E-state index < -0.39 is 6.04 Å². The van der Waals surface area contributed by atoms with Crippen LogP contribution in [0.25, 0.3) is 0 Å². The molecule has 48 heavy (non-hydrogen) atoms. The third-order valence-corrected chi connectivity index (χ3v) is 10.9. The molecule has 3 saturated heterocycles. The van der Waals surface area contributed by atoms with Gasteiger partial charge in [0.1, 0.15) is 11.1 Å². The van der Waals surface area contributed by atoms with Crippen LogP contribution in [-0.2, 0) is 29.7 Å². The van der Waals surface area contributed by atoms with Gasteiger partial charge in [-0.15, -0.1) is 0 Å². The molecule has 11 nitrogen and oxygen atoms in total. The fourth-order valence-electron chi connectivity index (χ4n) is 7.92. The summed E-state index contributed by atoms with van der Waals surface area (Å²) in [6.07, 6.45) is 5.30. The number of rotatable bonds is 7. The number of likely N-dealkylation sites (tertiary alicyclic amines) is 2. The van der Waals surface area contributed by atoms with Crippen LogP contribution in [0.3, 0.4) is 0 Å². The molecule has 3 atom stereocenters. The minimum Gasteiger partial charge on any atom is -0.378 e. The van der Waals surface area contributed by atoms with E-state index in [4.69, 9.17) is 11.6 Å². The predicted molar refractivity (Wildman–Crippen MR) is 183 cm³/mol. The molecule has 252 valence electrons. The summed E-state index contributed by atoms with van der Waals surface area (Å²) in [6.45, 7) is 5.17. The molecule has 4 aliphatic heterocycles. The summed E-state index contributed by atoms with van der Waals surface area (Å²) in [6, 6.07) is 14.8. The lowest BCUT2D eigenvalue weighted by Crippen LogP contribution is -2.52. The van der Waals surface area contributed by atoms with Crippen LogP contribution < -0.4 is 16.2 Å². The third-order valence-electron chi connectivity index (χ3n) is 10.5. The molecule has 0 saturated carbocycles. The fourth-order valence-corrected chi connectivity index (χ4v) is 8.15. The zero-order valence-corrected chi connectivity index (χ0v) is 28.2. The number of hydrogen-bond donors (Lipinski definition) is 2. The second kappa shape index (κ2) is 13.4. The highest BCUT2D eigenvalue weighted by molar-refractivity contribution is 6.32. The molecule has 3 amide bonds. The van der Waals surface area contributed by atoms with E-state index in [1.54, 1.807) is 18.1 Å². The number of hydrogen-bond acceptors (Lipinski definition) is 8. The number of aromatic nitrogens is 2. The Hall–Kier alpha value is -4.06. The number of anilines is 1. The van der Waals surface area contributed by atoms with E-state index in [2.05, 4.69) is 69.0 Å². The Morgan fingerprint density at radius 2 is 1.69 bits per heavy atom. The number of benzene rings is 2. The minimum absolute atomic E-state index is 0.123. The molecule has 0 spiro atoms. The highest BCUT2D eigenvalue weighted by Gasteiger charge is 2.39. The molecule has 2 aromatic carbocycles. The van der Waals surface area contributed by atoms with Crippen molar-refractivity contribution < 1.29 is 14.4 Å². The SMILES string of the molecule is CN1C[C@@H](Nc2cnn(C)c(=O)c2Cl)C[C@@H](c2ccc(CN3CCC(c4ccc5c(c4)CN(C4CCC(=O)NC4=O)C5=O)CC3)cc2)C1. The van der Waals surface area contributed by atoms with Gasteiger partial charge in [0.2, 0.25) is 11.8 Å². The van der Waals surface area contributed by atoms with E-state index in [9.17, 15) is 19.2 Å². The highest BCUT2D eigenvalue weighted by Crippen LogP contribution is 2.34. The first-order valence-electron chi connectivity index (χ1n) is 16.9. The average molecular weight is 672 g/mol. The number of likely N-dealkylation sites (N-methyl/N-ethyl adjacent to an activating group) is 1. The van der Waals surface area contributed by atoms with Crippen LogP contribution in [0.4, 0.5) is 5.69 Å². The van der Waals surface area contributed by atoms with Crippen molar-refractivity contribution in [1.82, 2.24) is 29.8 Å². The summed E-state index contributed by atoms with van der Waals surface area (Å²) < 4.78 is 1.24. The predicted octanol–water partition coefficient (Wildman–Crippen LogP) is 3.47. The number of halogens is 1. The Bertz CT molecular complexity index is 1790. The summed E-state index contributed by atoms with van der Waals surface area (Å²) in [5.74, 6) is 0.0260. The molecule has 4 aliphatic rings. The number of nitrogens with zero attached hydrogens (tertiary/aromatic N) is 5. The molecule has 7 rings (SSSR count). The molecular weight excluding hydrogens is 630 g/mol. The number of imide groups is 1. The summed E-state index contributed by atoms with van der Waals surface area (Å²) in [5, 5.41) is 10.1. The van der Waals surface area contributed by atoms with Crippen LogP contribution >= 0.6 is 11.6 Å². The van der Waals surface area contributed by atoms with Crippen LogP contribution in [0.5, 0.6) is 0 Å². The van der Waals surface area contributed by atoms with Gasteiger partial charge in [-0.2, -0.15) is 5.10 Å². The van der Waals surface area contributed by atoms with E-state index >= 15 is 0 Å². The van der Waals surface area contributed by atoms with E-state index in [1.807, 2.05) is 6.07 Å². The summed E-state index contributed by atoms with van der Waals surface area (Å²) >= 11 is 6.32. The standard InChI is InChI=1S/C36H42ClN7O4/c1-41-19-26(16-28(21-41)39-30-17-38-42(2)36(48)33(30)37)23-5-3-22(4-6-23)18-43-13-11-24(12-14-43)25-7-8-29-27(15-25)20-44(35(29)47)31-9-10-32(45)40-34(31)46/h3-8,15,17,24,26,28,31,39H,9-14,16,18-21H2,1-2H3,(H,40,45,46)/t26-,28+,31?/m1/s1. The van der Waals surface area contributed by atoms with Gasteiger partial charge in [0.05, 0.1) is 11.9 Å². The number of fused-ring (bicyclic) bond motifs is 1. The van der Waals surface area contributed by atoms with E-state index in [-0.39, 0.29) is 40.8 Å². The largest absolute Gasteiger partial charge is 0.378 e. The quantitative estimate of drug-likeness (QED) is 0.367. The molecule has 3 fully saturated rings. The van der Waals surface area contributed by atoms with Gasteiger partial charge in [-0.3, -0.25) is 29.4 Å². The zero-order valence-electron chi connectivity index (χ0n) is 27.5. The first-order chi connectivity index (χ1) is 23.1. The van der Waals surface area contributed by atoms with Crippen molar-refractivity contribution in [3.63, 3.8) is 0 Å². The van der Waals surface area contributed by atoms with Gasteiger partial charge < -0.3 is 15.1 Å². The monoisotopic (exact) mass is 671 g/mol. The van der Waals surface area contributed by atoms with Crippen LogP contribution in [-0.4, -0.2) is 87.5 Å². The molecule has 12 heteroatoms. The molecule has 0 radical (unpaired) electrons. The van der Waals surface area contributed by atoms with Gasteiger partial charge in [-0.25, -0.2) is 4.68 Å². The summed E-state index contributed by atoms with van der Waals surface area (Å²) in [5.41, 5.74) is 5.80. The van der Waals surface area contributed by atoms with E-state index in [0.29, 0.717) is 36.1 Å². The molecule has 0 aliphatic carbocycles. The maximum Gasteiger partial charge on any atom is 0.287 e. The Morgan fingerprint density at radius 1 is 0.938 bits per heavy atom. The topological polar surface area (TPSA) is 120 Å². The Kier molecular flexibility index (Phi) is 9.10. The maximum absolute atomic E-state index is 13.1. The summed E-state index contributed by atoms with van der Waals surface area (Å²) in [4.78, 5) is 55.8. The Labute approximate surface area is 285 Å². The second-order valence-corrected chi connectivity index (χ2v) is 14.3. The van der Waals surface area contributed by atoms with Gasteiger partial charge in [0, 0.05) is 51.3 Å². The molecule has 2 N–H and O–H groups in total. The average Bonchev–Trinajstić information content (AvgIpc) is 3.40. The van der Waals surface area contributed by atoms with Crippen LogP contribution in [0.2, 0.25) is 5.02 Å². The highest BCUT2D eigenvalue weighted by atomic mass is 35.5. The number of piperidine rings is 3. The number of carbonyl (C=O) groups excluding carboxylic acids is 3. The number of amides is 3. The van der Waals surface area contributed by atoms with Crippen LogP contribution in [0, 0.1) is 0 Å². The van der Waals surface area contributed by atoms with Crippen LogP contribution in [0.1, 0.15) is 76.6 Å². The van der Waals surface area contributed by atoms with Gasteiger partial charge in [-0.05, 0) is 86.0 Å². The van der Waals surface area contributed by atoms with Gasteiger partial charge in [-0.1, -0.05) is 48.0 Å². The van der Waals surface area contributed by atoms with Crippen LogP contribution in [0.15, 0.2) is 53.5 Å². The molecule has 0 bridgehead atoms. The van der Waals surface area contributed by atoms with Crippen molar-refractivity contribution in [3.8, 4) is 0 Å². The van der Waals surface area contributed by atoms with Gasteiger partial charge >= 0.3 is 0 Å². The minimum atomic E-state index is -0.587. The zero-order chi connectivity index (χ0) is 33.5. The number of carbonyl (C=O) groups is 3. The lowest BCUT2D eigenvalue weighted by atomic mass is 9.87. The van der Waals surface area contributed by atoms with E-state index in [1.165, 1.54) is 21.4 Å². The van der Waals surface area contributed by atoms with Crippen molar-refractivity contribution in [2.75, 3.05) is 38.5 Å². The first kappa shape index (κ1) is 32.5. The number of aryl methyl sites for hydroxylation is 1. The first-order valence-corrected chi connectivity index (χ1v) is 17.3. The van der Waals surface area contributed by atoms with Gasteiger partial charge in [0.15, 0.2) is 0 Å². The van der Waals surface area contributed by atoms with Crippen molar-refractivity contribution in [2.24, 2.45) is 7.05 Å². The maximum atomic E-state index is 13.1. The lowest BCUT2D eigenvalue weighted by Gasteiger charge is -2.37. The van der Waals surface area contributed by atoms with E-state index in [0.717, 1.165) is 57.5 Å². The number of nitrogens with one attached hydrogen (secondary N) is 2.